The summed E-state index contributed by atoms with van der Waals surface area (Å²) >= 11 is 0. The van der Waals surface area contributed by atoms with Crippen molar-refractivity contribution in [1.82, 2.24) is 5.32 Å². The summed E-state index contributed by atoms with van der Waals surface area (Å²) in [4.78, 5) is 21.4. The Morgan fingerprint density at radius 2 is 1.73 bits per heavy atom. The molecule has 1 atom stereocenters. The number of allylic oxidation sites excluding steroid dienone is 2. The van der Waals surface area contributed by atoms with E-state index in [-0.39, 0.29) is 63.1 Å². The molecule has 0 radical (unpaired) electrons. The molecule has 15 heavy (non-hydrogen) atoms. The molecule has 0 heterocycles. The van der Waals surface area contributed by atoms with Gasteiger partial charge in [-0.1, -0.05) is 13.8 Å². The number of carboxylic acids is 1. The summed E-state index contributed by atoms with van der Waals surface area (Å²) in [6, 6.07) is -0.759. The molecule has 5 heteroatoms. The zero-order chi connectivity index (χ0) is 11.3. The van der Waals surface area contributed by atoms with Crippen LogP contribution >= 0.6 is 0 Å². The fourth-order valence-corrected chi connectivity index (χ4v) is 1.09. The maximum atomic E-state index is 10.7. The first-order valence-electron chi connectivity index (χ1n) is 4.51. The van der Waals surface area contributed by atoms with Gasteiger partial charge in [0.2, 0.25) is 0 Å². The van der Waals surface area contributed by atoms with E-state index < -0.39 is 12.0 Å². The van der Waals surface area contributed by atoms with Gasteiger partial charge >= 0.3 is 51.4 Å². The molecule has 0 aliphatic rings. The van der Waals surface area contributed by atoms with Crippen LogP contribution in [0.25, 0.3) is 0 Å². The second-order valence-corrected chi connectivity index (χ2v) is 3.62. The minimum atomic E-state index is -1.16. The summed E-state index contributed by atoms with van der Waals surface area (Å²) < 4.78 is 0. The second-order valence-electron chi connectivity index (χ2n) is 3.62. The van der Waals surface area contributed by atoms with Crippen LogP contribution in [0, 0.1) is 5.92 Å². The third kappa shape index (κ3) is 8.16. The number of ketones is 1. The van der Waals surface area contributed by atoms with Gasteiger partial charge in [-0.3, -0.25) is 4.79 Å². The van der Waals surface area contributed by atoms with Gasteiger partial charge in [0.15, 0.2) is 5.78 Å². The number of rotatable bonds is 5. The van der Waals surface area contributed by atoms with E-state index in [0.717, 1.165) is 0 Å². The summed E-state index contributed by atoms with van der Waals surface area (Å²) in [6.07, 6.45) is 1.36. The van der Waals surface area contributed by atoms with E-state index in [1.807, 2.05) is 0 Å². The van der Waals surface area contributed by atoms with Crippen LogP contribution in [0.5, 0.6) is 0 Å². The summed E-state index contributed by atoms with van der Waals surface area (Å²) in [5.74, 6) is -1.36. The average molecular weight is 237 g/mol. The normalized spacial score (nSPS) is 13.0. The number of carbonyl (C=O) groups excluding carboxylic acids is 2. The van der Waals surface area contributed by atoms with E-state index in [9.17, 15) is 14.7 Å². The molecule has 1 N–H and O–H groups in total. The van der Waals surface area contributed by atoms with Crippen LogP contribution in [0.15, 0.2) is 11.8 Å². The Kier molecular flexibility index (Phi) is 9.99. The van der Waals surface area contributed by atoms with Crippen LogP contribution in [0.2, 0.25) is 0 Å². The summed E-state index contributed by atoms with van der Waals surface area (Å²) in [7, 11) is 0. The molecule has 0 amide bonds. The molecule has 0 aromatic heterocycles. The van der Waals surface area contributed by atoms with Gasteiger partial charge in [0.05, 0.1) is 12.0 Å². The van der Waals surface area contributed by atoms with Gasteiger partial charge in [-0.15, -0.1) is 0 Å². The maximum Gasteiger partial charge on any atom is 1.00 e. The number of carboxylic acid groups (broad SMARTS) is 1. The van der Waals surface area contributed by atoms with E-state index in [4.69, 9.17) is 0 Å². The molecule has 0 saturated heterocycles. The van der Waals surface area contributed by atoms with Gasteiger partial charge in [0.25, 0.3) is 0 Å². The smallest absolute Gasteiger partial charge is 0.548 e. The molecule has 4 nitrogen and oxygen atoms in total. The van der Waals surface area contributed by atoms with Gasteiger partial charge in [-0.25, -0.2) is 0 Å². The quantitative estimate of drug-likeness (QED) is 0.405. The van der Waals surface area contributed by atoms with Crippen molar-refractivity contribution in [3.8, 4) is 0 Å². The van der Waals surface area contributed by atoms with Gasteiger partial charge < -0.3 is 15.2 Å². The monoisotopic (exact) mass is 237 g/mol. The van der Waals surface area contributed by atoms with Crippen LogP contribution in [-0.4, -0.2) is 17.8 Å². The summed E-state index contributed by atoms with van der Waals surface area (Å²) in [5.41, 5.74) is 0.542. The molecule has 0 saturated carbocycles. The molecule has 0 aliphatic heterocycles. The minimum Gasteiger partial charge on any atom is -0.548 e. The van der Waals surface area contributed by atoms with E-state index in [1.165, 1.54) is 13.0 Å². The fraction of sp³-hybridized carbons (Fsp3) is 0.600. The Morgan fingerprint density at radius 3 is 2.00 bits per heavy atom. The Bertz CT molecular complexity index is 261. The van der Waals surface area contributed by atoms with Gasteiger partial charge in [-0.05, 0) is 25.8 Å². The molecule has 0 fully saturated rings. The minimum absolute atomic E-state index is 0. The van der Waals surface area contributed by atoms with Crippen molar-refractivity contribution in [2.75, 3.05) is 0 Å². The Balaban J connectivity index is 0. The Hall–Kier alpha value is 0.316. The number of hydrogen-bond acceptors (Lipinski definition) is 4. The molecular formula is C10H16KNO3. The summed E-state index contributed by atoms with van der Waals surface area (Å²) in [6.45, 7) is 6.61. The van der Waals surface area contributed by atoms with Crippen LogP contribution in [0.3, 0.4) is 0 Å². The molecule has 80 valence electrons. The zero-order valence-electron chi connectivity index (χ0n) is 9.96. The predicted octanol–water partition coefficient (Wildman–Crippen LogP) is -3.15. The molecule has 0 rings (SSSR count). The number of nitrogens with one attached hydrogen (secondary N) is 1. The average Bonchev–Trinajstić information content (AvgIpc) is 1.97. The van der Waals surface area contributed by atoms with Crippen LogP contribution < -0.4 is 61.8 Å². The van der Waals surface area contributed by atoms with E-state index in [1.54, 1.807) is 20.8 Å². The molecule has 0 spiro atoms. The molecule has 0 aromatic carbocycles. The fourth-order valence-electron chi connectivity index (χ4n) is 1.09. The number of hydrogen-bond donors (Lipinski definition) is 1. The van der Waals surface area contributed by atoms with Crippen LogP contribution in [-0.2, 0) is 9.59 Å². The van der Waals surface area contributed by atoms with Crippen molar-refractivity contribution in [2.24, 2.45) is 5.92 Å². The number of carbonyl (C=O) groups is 2. The molecule has 0 bridgehead atoms. The van der Waals surface area contributed by atoms with E-state index in [0.29, 0.717) is 5.70 Å². The van der Waals surface area contributed by atoms with Crippen LogP contribution in [0.4, 0.5) is 0 Å². The first kappa shape index (κ1) is 17.7. The second kappa shape index (κ2) is 8.47. The van der Waals surface area contributed by atoms with E-state index >= 15 is 0 Å². The largest absolute Gasteiger partial charge is 1.00 e. The van der Waals surface area contributed by atoms with Gasteiger partial charge in [-0.2, -0.15) is 0 Å². The molecular weight excluding hydrogens is 221 g/mol. The van der Waals surface area contributed by atoms with E-state index in [2.05, 4.69) is 5.32 Å². The molecule has 1 unspecified atom stereocenters. The number of aliphatic carboxylic acids is 1. The van der Waals surface area contributed by atoms with Gasteiger partial charge in [0, 0.05) is 5.70 Å². The third-order valence-corrected chi connectivity index (χ3v) is 1.72. The van der Waals surface area contributed by atoms with Crippen molar-refractivity contribution in [2.45, 2.75) is 33.7 Å². The van der Waals surface area contributed by atoms with Crippen LogP contribution in [0.1, 0.15) is 27.7 Å². The predicted molar refractivity (Wildman–Crippen MR) is 51.2 cm³/mol. The topological polar surface area (TPSA) is 69.2 Å². The van der Waals surface area contributed by atoms with Crippen molar-refractivity contribution >= 4 is 11.8 Å². The first-order valence-corrected chi connectivity index (χ1v) is 4.51. The third-order valence-electron chi connectivity index (χ3n) is 1.72. The Labute approximate surface area is 133 Å². The molecule has 0 aliphatic carbocycles. The van der Waals surface area contributed by atoms with Crippen molar-refractivity contribution in [1.29, 1.82) is 0 Å². The maximum absolute atomic E-state index is 10.7. The first-order chi connectivity index (χ1) is 6.34. The van der Waals surface area contributed by atoms with Crippen molar-refractivity contribution < 1.29 is 66.1 Å². The van der Waals surface area contributed by atoms with Crippen molar-refractivity contribution in [3.63, 3.8) is 0 Å². The standard InChI is InChI=1S/C10H17NO3.K/c1-6(2)9(10(13)14)11-7(3)5-8(4)12;/h5-6,9,11H,1-4H3,(H,13,14);/q;+1/p-1/b7-5-;. The molecule has 0 aromatic rings. The van der Waals surface area contributed by atoms with Gasteiger partial charge in [0.1, 0.15) is 0 Å². The zero-order valence-corrected chi connectivity index (χ0v) is 13.1. The Morgan fingerprint density at radius 1 is 1.27 bits per heavy atom. The summed E-state index contributed by atoms with van der Waals surface area (Å²) in [5, 5.41) is 13.4. The van der Waals surface area contributed by atoms with Crippen molar-refractivity contribution in [3.05, 3.63) is 11.8 Å². The SMILES string of the molecule is CC(=O)/C=C(/C)NC(C(=O)[O-])C(C)C.[K+].